The summed E-state index contributed by atoms with van der Waals surface area (Å²) in [5.74, 6) is -3.43. The molecule has 1 unspecified atom stereocenters. The molecule has 2 rings (SSSR count). The maximum Gasteiger partial charge on any atom is 0.343 e. The Kier molecular flexibility index (Phi) is 5.03. The molecular weight excluding hydrogens is 308 g/mol. The Morgan fingerprint density at radius 1 is 1.22 bits per heavy atom. The van der Waals surface area contributed by atoms with Crippen molar-refractivity contribution >= 4 is 23.7 Å². The van der Waals surface area contributed by atoms with Crippen LogP contribution in [0.3, 0.4) is 0 Å². The number of fused-ring (bicyclic) bond motifs is 1. The highest BCUT2D eigenvalue weighted by Crippen LogP contribution is 2.46. The number of hydrogen-bond donors (Lipinski definition) is 0. The first-order valence-electron chi connectivity index (χ1n) is 7.44. The number of ether oxygens (including phenoxy) is 4. The maximum atomic E-state index is 12.4. The van der Waals surface area contributed by atoms with Crippen LogP contribution in [0.15, 0.2) is 0 Å². The van der Waals surface area contributed by atoms with Crippen molar-refractivity contribution < 1.29 is 38.1 Å². The van der Waals surface area contributed by atoms with Crippen LogP contribution in [0.2, 0.25) is 0 Å². The lowest BCUT2D eigenvalue weighted by Crippen LogP contribution is -2.48. The van der Waals surface area contributed by atoms with Gasteiger partial charge in [-0.25, -0.2) is 4.79 Å². The smallest absolute Gasteiger partial charge is 0.343 e. The van der Waals surface area contributed by atoms with Crippen LogP contribution in [-0.2, 0) is 38.1 Å². The van der Waals surface area contributed by atoms with Crippen molar-refractivity contribution in [1.82, 2.24) is 0 Å². The van der Waals surface area contributed by atoms with Crippen molar-refractivity contribution in [2.24, 2.45) is 11.3 Å². The third-order valence-corrected chi connectivity index (χ3v) is 4.46. The molecule has 0 radical (unpaired) electrons. The van der Waals surface area contributed by atoms with E-state index < -0.39 is 47.2 Å². The van der Waals surface area contributed by atoms with Crippen molar-refractivity contribution in [3.8, 4) is 0 Å². The van der Waals surface area contributed by atoms with Gasteiger partial charge in [0.15, 0.2) is 11.2 Å². The molecule has 8 nitrogen and oxygen atoms in total. The number of rotatable bonds is 4. The molecule has 23 heavy (non-hydrogen) atoms. The number of esters is 3. The van der Waals surface area contributed by atoms with E-state index in [9.17, 15) is 19.2 Å². The van der Waals surface area contributed by atoms with Gasteiger partial charge in [0.05, 0.1) is 26.9 Å². The first kappa shape index (κ1) is 17.4. The SMILES string of the molecule is CCOC(=O)C1O[C@@H]2CCC(C(=O)OC)(C(=O)OC)C[C@@H]2C1=O. The lowest BCUT2D eigenvalue weighted by atomic mass is 9.67. The van der Waals surface area contributed by atoms with Crippen molar-refractivity contribution in [3.05, 3.63) is 0 Å². The Morgan fingerprint density at radius 3 is 2.35 bits per heavy atom. The maximum absolute atomic E-state index is 12.4. The Hall–Kier alpha value is -1.96. The zero-order chi connectivity index (χ0) is 17.2. The fourth-order valence-corrected chi connectivity index (χ4v) is 3.32. The molecule has 128 valence electrons. The molecule has 0 aromatic rings. The zero-order valence-electron chi connectivity index (χ0n) is 13.3. The van der Waals surface area contributed by atoms with Gasteiger partial charge in [0.2, 0.25) is 6.10 Å². The van der Waals surface area contributed by atoms with Crippen LogP contribution in [0.5, 0.6) is 0 Å². The van der Waals surface area contributed by atoms with Crippen LogP contribution in [0.1, 0.15) is 26.2 Å². The van der Waals surface area contributed by atoms with Crippen molar-refractivity contribution in [3.63, 3.8) is 0 Å². The fourth-order valence-electron chi connectivity index (χ4n) is 3.32. The minimum Gasteiger partial charge on any atom is -0.468 e. The van der Waals surface area contributed by atoms with E-state index in [1.165, 1.54) is 14.2 Å². The van der Waals surface area contributed by atoms with Crippen LogP contribution < -0.4 is 0 Å². The average Bonchev–Trinajstić information content (AvgIpc) is 2.89. The van der Waals surface area contributed by atoms with E-state index in [2.05, 4.69) is 0 Å². The summed E-state index contributed by atoms with van der Waals surface area (Å²) in [5.41, 5.74) is -1.53. The highest BCUT2D eigenvalue weighted by molar-refractivity contribution is 6.06. The molecule has 3 atom stereocenters. The predicted molar refractivity (Wildman–Crippen MR) is 74.1 cm³/mol. The molecule has 0 aromatic heterocycles. The number of carbonyl (C=O) groups excluding carboxylic acids is 4. The normalized spacial score (nSPS) is 28.7. The summed E-state index contributed by atoms with van der Waals surface area (Å²) in [5, 5.41) is 0. The third kappa shape index (κ3) is 2.83. The van der Waals surface area contributed by atoms with Crippen LogP contribution in [0, 0.1) is 11.3 Å². The Labute approximate surface area is 133 Å². The van der Waals surface area contributed by atoms with Gasteiger partial charge in [-0.05, 0) is 26.2 Å². The van der Waals surface area contributed by atoms with E-state index in [0.717, 1.165) is 0 Å². The molecule has 1 aliphatic heterocycles. The molecule has 0 amide bonds. The topological polar surface area (TPSA) is 105 Å². The van der Waals surface area contributed by atoms with Gasteiger partial charge < -0.3 is 18.9 Å². The van der Waals surface area contributed by atoms with Gasteiger partial charge in [-0.3, -0.25) is 14.4 Å². The van der Waals surface area contributed by atoms with Crippen LogP contribution in [-0.4, -0.2) is 56.7 Å². The average molecular weight is 328 g/mol. The number of methoxy groups -OCH3 is 2. The largest absolute Gasteiger partial charge is 0.468 e. The molecule has 0 bridgehead atoms. The van der Waals surface area contributed by atoms with E-state index in [0.29, 0.717) is 0 Å². The first-order chi connectivity index (χ1) is 10.9. The Morgan fingerprint density at radius 2 is 1.83 bits per heavy atom. The standard InChI is InChI=1S/C15H20O8/c1-4-22-12(17)11-10(16)8-7-15(13(18)20-2,14(19)21-3)6-5-9(8)23-11/h8-9,11H,4-7H2,1-3H3/t8-,9+,11?/m0/s1. The van der Waals surface area contributed by atoms with Gasteiger partial charge in [0.25, 0.3) is 0 Å². The van der Waals surface area contributed by atoms with Gasteiger partial charge >= 0.3 is 17.9 Å². The lowest BCUT2D eigenvalue weighted by Gasteiger charge is -2.36. The second-order valence-corrected chi connectivity index (χ2v) is 5.62. The number of hydrogen-bond acceptors (Lipinski definition) is 8. The van der Waals surface area contributed by atoms with Gasteiger partial charge in [0, 0.05) is 5.92 Å². The van der Waals surface area contributed by atoms with E-state index >= 15 is 0 Å². The molecule has 1 saturated heterocycles. The van der Waals surface area contributed by atoms with Gasteiger partial charge in [-0.15, -0.1) is 0 Å². The van der Waals surface area contributed by atoms with Crippen LogP contribution in [0.4, 0.5) is 0 Å². The van der Waals surface area contributed by atoms with Crippen LogP contribution in [0.25, 0.3) is 0 Å². The summed E-state index contributed by atoms with van der Waals surface area (Å²) in [6, 6.07) is 0. The van der Waals surface area contributed by atoms with Crippen molar-refractivity contribution in [2.75, 3.05) is 20.8 Å². The molecule has 1 saturated carbocycles. The monoisotopic (exact) mass is 328 g/mol. The molecule has 1 aliphatic carbocycles. The van der Waals surface area contributed by atoms with Gasteiger partial charge in [0.1, 0.15) is 0 Å². The number of Topliss-reactive ketones (excluding diaryl/α,β-unsaturated/α-hetero) is 1. The quantitative estimate of drug-likeness (QED) is 0.404. The minimum absolute atomic E-state index is 0.0915. The summed E-state index contributed by atoms with van der Waals surface area (Å²) >= 11 is 0. The molecule has 0 N–H and O–H groups in total. The van der Waals surface area contributed by atoms with E-state index in [1.54, 1.807) is 6.92 Å². The number of carbonyl (C=O) groups is 4. The molecule has 0 spiro atoms. The number of ketones is 1. The summed E-state index contributed by atoms with van der Waals surface area (Å²) in [4.78, 5) is 48.5. The Balaban J connectivity index is 2.24. The Bertz CT molecular complexity index is 510. The van der Waals surface area contributed by atoms with Crippen LogP contribution >= 0.6 is 0 Å². The molecule has 2 aliphatic rings. The minimum atomic E-state index is -1.53. The van der Waals surface area contributed by atoms with Crippen molar-refractivity contribution in [2.45, 2.75) is 38.4 Å². The summed E-state index contributed by atoms with van der Waals surface area (Å²) in [6.45, 7) is 1.76. The molecule has 0 aromatic carbocycles. The molecule has 8 heteroatoms. The summed E-state index contributed by atoms with van der Waals surface area (Å²) in [6.07, 6.45) is -1.49. The van der Waals surface area contributed by atoms with E-state index in [4.69, 9.17) is 18.9 Å². The molecule has 2 fully saturated rings. The highest BCUT2D eigenvalue weighted by atomic mass is 16.6. The zero-order valence-corrected chi connectivity index (χ0v) is 13.3. The predicted octanol–water partition coefficient (Wildman–Crippen LogP) is 0.0185. The third-order valence-electron chi connectivity index (χ3n) is 4.46. The van der Waals surface area contributed by atoms with E-state index in [-0.39, 0.29) is 25.9 Å². The molecular formula is C15H20O8. The summed E-state index contributed by atoms with van der Waals surface area (Å²) < 4.78 is 19.8. The molecule has 1 heterocycles. The van der Waals surface area contributed by atoms with Crippen molar-refractivity contribution in [1.29, 1.82) is 0 Å². The lowest BCUT2D eigenvalue weighted by molar-refractivity contribution is -0.175. The first-order valence-corrected chi connectivity index (χ1v) is 7.44. The van der Waals surface area contributed by atoms with Gasteiger partial charge in [-0.2, -0.15) is 0 Å². The van der Waals surface area contributed by atoms with E-state index in [1.807, 2.05) is 0 Å². The fraction of sp³-hybridized carbons (Fsp3) is 0.733. The van der Waals surface area contributed by atoms with Gasteiger partial charge in [-0.1, -0.05) is 0 Å². The second kappa shape index (κ2) is 6.66. The second-order valence-electron chi connectivity index (χ2n) is 5.62. The highest BCUT2D eigenvalue weighted by Gasteiger charge is 2.59. The summed E-state index contributed by atoms with van der Waals surface area (Å²) in [7, 11) is 2.35.